The number of rotatable bonds is 5. The van der Waals surface area contributed by atoms with Crippen molar-refractivity contribution in [3.8, 4) is 0 Å². The highest BCUT2D eigenvalue weighted by Gasteiger charge is 2.22. The summed E-state index contributed by atoms with van der Waals surface area (Å²) in [7, 11) is 0. The van der Waals surface area contributed by atoms with Crippen molar-refractivity contribution < 1.29 is 9.53 Å². The molecule has 142 valence electrons. The van der Waals surface area contributed by atoms with Gasteiger partial charge in [-0.25, -0.2) is 9.78 Å². The smallest absolute Gasteiger partial charge is 0.408 e. The fourth-order valence-corrected chi connectivity index (χ4v) is 3.05. The van der Waals surface area contributed by atoms with E-state index >= 15 is 0 Å². The van der Waals surface area contributed by atoms with Gasteiger partial charge in [-0.1, -0.05) is 23.7 Å². The third kappa shape index (κ3) is 4.79. The average molecular weight is 378 g/mol. The lowest BCUT2D eigenvalue weighted by molar-refractivity contribution is 0.0508. The van der Waals surface area contributed by atoms with E-state index in [1.807, 2.05) is 52.0 Å². The number of alkyl carbamates (subject to hydrolysis) is 1. The molecule has 0 fully saturated rings. The third-order valence-electron chi connectivity index (χ3n) is 4.07. The quantitative estimate of drug-likeness (QED) is 0.766. The van der Waals surface area contributed by atoms with Gasteiger partial charge < -0.3 is 15.0 Å². The zero-order valence-electron chi connectivity index (χ0n) is 16.4. The maximum atomic E-state index is 12.2. The molecule has 0 radical (unpaired) electrons. The number of benzene rings is 1. The molecule has 5 nitrogen and oxygen atoms in total. The number of hydrogen-bond acceptors (Lipinski definition) is 4. The van der Waals surface area contributed by atoms with E-state index in [4.69, 9.17) is 21.3 Å². The Balaban J connectivity index is 2.46. The van der Waals surface area contributed by atoms with Crippen LogP contribution < -0.4 is 10.2 Å². The monoisotopic (exact) mass is 377 g/mol. The molecule has 0 saturated heterocycles. The van der Waals surface area contributed by atoms with Crippen LogP contribution in [0.25, 0.3) is 10.9 Å². The molecule has 0 aliphatic carbocycles. The first kappa shape index (κ1) is 20.3. The molecule has 6 heteroatoms. The highest BCUT2D eigenvalue weighted by molar-refractivity contribution is 6.35. The Bertz CT molecular complexity index is 782. The zero-order valence-corrected chi connectivity index (χ0v) is 17.1. The first-order valence-electron chi connectivity index (χ1n) is 8.99. The van der Waals surface area contributed by atoms with Crippen LogP contribution in [0.4, 0.5) is 10.6 Å². The van der Waals surface area contributed by atoms with Crippen LogP contribution in [0.3, 0.4) is 0 Å². The van der Waals surface area contributed by atoms with E-state index in [-0.39, 0.29) is 6.04 Å². The predicted molar refractivity (Wildman–Crippen MR) is 108 cm³/mol. The van der Waals surface area contributed by atoms with Crippen molar-refractivity contribution >= 4 is 34.4 Å². The second kappa shape index (κ2) is 8.12. The van der Waals surface area contributed by atoms with E-state index in [2.05, 4.69) is 24.1 Å². The molecule has 0 saturated carbocycles. The number of nitrogens with zero attached hydrogens (tertiary/aromatic N) is 2. The normalized spacial score (nSPS) is 12.7. The van der Waals surface area contributed by atoms with Gasteiger partial charge in [0.2, 0.25) is 0 Å². The number of aromatic nitrogens is 1. The minimum Gasteiger partial charge on any atom is -0.444 e. The highest BCUT2D eigenvalue weighted by atomic mass is 35.5. The van der Waals surface area contributed by atoms with Crippen LogP contribution in [-0.2, 0) is 4.74 Å². The Labute approximate surface area is 160 Å². The van der Waals surface area contributed by atoms with Crippen molar-refractivity contribution in [2.75, 3.05) is 18.0 Å². The molecule has 2 aromatic rings. The fraction of sp³-hybridized carbons (Fsp3) is 0.500. The third-order valence-corrected chi connectivity index (χ3v) is 4.37. The summed E-state index contributed by atoms with van der Waals surface area (Å²) >= 11 is 6.34. The summed E-state index contributed by atoms with van der Waals surface area (Å²) in [5.74, 6) is 0.833. The Kier molecular flexibility index (Phi) is 6.34. The van der Waals surface area contributed by atoms with Gasteiger partial charge in [0.05, 0.1) is 16.6 Å². The summed E-state index contributed by atoms with van der Waals surface area (Å²) in [5, 5.41) is 4.48. The zero-order chi connectivity index (χ0) is 19.5. The standard InChI is InChI=1S/C20H28ClN3O2/c1-7-24(8-2)18-15(13(3)22-19(25)26-20(4,5)6)12-14-10-9-11-16(21)17(14)23-18/h9-13H,7-8H2,1-6H3,(H,22,25). The first-order valence-corrected chi connectivity index (χ1v) is 9.37. The second-order valence-corrected chi connectivity index (χ2v) is 7.66. The second-order valence-electron chi connectivity index (χ2n) is 7.25. The van der Waals surface area contributed by atoms with Crippen LogP contribution >= 0.6 is 11.6 Å². The average Bonchev–Trinajstić information content (AvgIpc) is 2.54. The van der Waals surface area contributed by atoms with Crippen LogP contribution in [-0.4, -0.2) is 29.8 Å². The van der Waals surface area contributed by atoms with Crippen LogP contribution in [0.1, 0.15) is 53.1 Å². The van der Waals surface area contributed by atoms with Crippen molar-refractivity contribution in [3.05, 3.63) is 34.9 Å². The van der Waals surface area contributed by atoms with E-state index in [1.54, 1.807) is 0 Å². The number of halogens is 1. The van der Waals surface area contributed by atoms with Gasteiger partial charge in [-0.05, 0) is 53.7 Å². The van der Waals surface area contributed by atoms with Gasteiger partial charge in [0, 0.05) is 24.0 Å². The van der Waals surface area contributed by atoms with E-state index < -0.39 is 11.7 Å². The molecule has 1 N–H and O–H groups in total. The van der Waals surface area contributed by atoms with Crippen LogP contribution in [0.15, 0.2) is 24.3 Å². The number of ether oxygens (including phenoxy) is 1. The molecule has 0 spiro atoms. The lowest BCUT2D eigenvalue weighted by Crippen LogP contribution is -2.35. The van der Waals surface area contributed by atoms with Gasteiger partial charge in [-0.3, -0.25) is 0 Å². The molecule has 1 amide bonds. The van der Waals surface area contributed by atoms with Crippen molar-refractivity contribution in [1.82, 2.24) is 10.3 Å². The van der Waals surface area contributed by atoms with Gasteiger partial charge in [-0.15, -0.1) is 0 Å². The Morgan fingerprint density at radius 1 is 1.31 bits per heavy atom. The maximum absolute atomic E-state index is 12.2. The summed E-state index contributed by atoms with van der Waals surface area (Å²) < 4.78 is 5.38. The molecule has 1 atom stereocenters. The molecule has 2 rings (SSSR count). The van der Waals surface area contributed by atoms with Gasteiger partial charge >= 0.3 is 6.09 Å². The van der Waals surface area contributed by atoms with Crippen molar-refractivity contribution in [2.45, 2.75) is 53.2 Å². The van der Waals surface area contributed by atoms with Crippen molar-refractivity contribution in [3.63, 3.8) is 0 Å². The number of pyridine rings is 1. The molecule has 1 aromatic carbocycles. The summed E-state index contributed by atoms with van der Waals surface area (Å²) in [5.41, 5.74) is 1.17. The fourth-order valence-electron chi connectivity index (χ4n) is 2.83. The summed E-state index contributed by atoms with van der Waals surface area (Å²) in [6.07, 6.45) is -0.443. The number of nitrogens with one attached hydrogen (secondary N) is 1. The lowest BCUT2D eigenvalue weighted by Gasteiger charge is -2.27. The van der Waals surface area contributed by atoms with E-state index in [0.29, 0.717) is 5.02 Å². The molecule has 26 heavy (non-hydrogen) atoms. The summed E-state index contributed by atoms with van der Waals surface area (Å²) in [4.78, 5) is 19.2. The van der Waals surface area contributed by atoms with Crippen LogP contribution in [0, 0.1) is 0 Å². The number of fused-ring (bicyclic) bond motifs is 1. The van der Waals surface area contributed by atoms with E-state index in [9.17, 15) is 4.79 Å². The minimum atomic E-state index is -0.541. The van der Waals surface area contributed by atoms with Gasteiger partial charge in [0.25, 0.3) is 0 Å². The van der Waals surface area contributed by atoms with Gasteiger partial charge in [0.15, 0.2) is 0 Å². The molecule has 1 aromatic heterocycles. The molecule has 0 bridgehead atoms. The first-order chi connectivity index (χ1) is 12.2. The van der Waals surface area contributed by atoms with Crippen molar-refractivity contribution in [2.24, 2.45) is 0 Å². The number of carbonyl (C=O) groups is 1. The number of hydrogen-bond donors (Lipinski definition) is 1. The molecule has 0 aliphatic rings. The molecule has 1 heterocycles. The molecule has 1 unspecified atom stereocenters. The SMILES string of the molecule is CCN(CC)c1nc2c(Cl)cccc2cc1C(C)NC(=O)OC(C)(C)C. The van der Waals surface area contributed by atoms with Crippen LogP contribution in [0.2, 0.25) is 5.02 Å². The highest BCUT2D eigenvalue weighted by Crippen LogP contribution is 2.31. The Morgan fingerprint density at radius 3 is 2.54 bits per heavy atom. The summed E-state index contributed by atoms with van der Waals surface area (Å²) in [6.45, 7) is 13.3. The maximum Gasteiger partial charge on any atom is 0.408 e. The lowest BCUT2D eigenvalue weighted by atomic mass is 10.1. The van der Waals surface area contributed by atoms with E-state index in [0.717, 1.165) is 35.4 Å². The minimum absolute atomic E-state index is 0.253. The topological polar surface area (TPSA) is 54.5 Å². The molecular weight excluding hydrogens is 350 g/mol. The number of amides is 1. The van der Waals surface area contributed by atoms with Crippen LogP contribution in [0.5, 0.6) is 0 Å². The largest absolute Gasteiger partial charge is 0.444 e. The number of para-hydroxylation sites is 1. The van der Waals surface area contributed by atoms with Gasteiger partial charge in [0.1, 0.15) is 11.4 Å². The van der Waals surface area contributed by atoms with Gasteiger partial charge in [-0.2, -0.15) is 0 Å². The summed E-state index contributed by atoms with van der Waals surface area (Å²) in [6, 6.07) is 7.51. The molecular formula is C20H28ClN3O2. The Morgan fingerprint density at radius 2 is 1.96 bits per heavy atom. The molecule has 0 aliphatic heterocycles. The number of carbonyl (C=O) groups excluding carboxylic acids is 1. The van der Waals surface area contributed by atoms with E-state index in [1.165, 1.54) is 0 Å². The number of anilines is 1. The predicted octanol–water partition coefficient (Wildman–Crippen LogP) is 5.32. The van der Waals surface area contributed by atoms with Crippen molar-refractivity contribution in [1.29, 1.82) is 0 Å². The Hall–Kier alpha value is -2.01.